The third kappa shape index (κ3) is 7.07. The smallest absolute Gasteiger partial charge is 0.260 e. The first-order chi connectivity index (χ1) is 16.3. The molecule has 0 saturated carbocycles. The summed E-state index contributed by atoms with van der Waals surface area (Å²) in [7, 11) is -3.66. The van der Waals surface area contributed by atoms with Crippen LogP contribution < -0.4 is 14.5 Å². The first kappa shape index (κ1) is 25.3. The number of carbonyl (C=O) groups excluding carboxylic acids is 1. The number of hydrogen-bond acceptors (Lipinski definition) is 5. The van der Waals surface area contributed by atoms with Gasteiger partial charge in [-0.15, -0.1) is 0 Å². The molecule has 0 unspecified atom stereocenters. The summed E-state index contributed by atoms with van der Waals surface area (Å²) in [5.41, 5.74) is 5.34. The van der Waals surface area contributed by atoms with E-state index in [-0.39, 0.29) is 6.54 Å². The SMILES string of the molecule is CCc1ccccc1N(CC(=O)N/N=C\c1ccc(OCc2ccccc2Cl)cc1)S(C)(=O)=O. The van der Waals surface area contributed by atoms with E-state index in [0.29, 0.717) is 29.5 Å². The van der Waals surface area contributed by atoms with Crippen LogP contribution in [-0.4, -0.2) is 33.3 Å². The Morgan fingerprint density at radius 2 is 1.68 bits per heavy atom. The van der Waals surface area contributed by atoms with Crippen molar-refractivity contribution in [3.63, 3.8) is 0 Å². The fraction of sp³-hybridized carbons (Fsp3) is 0.200. The van der Waals surface area contributed by atoms with E-state index in [0.717, 1.165) is 27.3 Å². The first-order valence-electron chi connectivity index (χ1n) is 10.6. The van der Waals surface area contributed by atoms with Gasteiger partial charge in [-0.05, 0) is 53.9 Å². The van der Waals surface area contributed by atoms with Crippen molar-refractivity contribution >= 4 is 39.4 Å². The molecule has 0 spiro atoms. The molecule has 178 valence electrons. The highest BCUT2D eigenvalue weighted by molar-refractivity contribution is 7.92. The molecular formula is C25H26ClN3O4S. The van der Waals surface area contributed by atoms with Gasteiger partial charge < -0.3 is 4.74 Å². The second-order valence-corrected chi connectivity index (χ2v) is 9.81. The Morgan fingerprint density at radius 1 is 1.03 bits per heavy atom. The van der Waals surface area contributed by atoms with Crippen molar-refractivity contribution in [1.82, 2.24) is 5.43 Å². The van der Waals surface area contributed by atoms with Gasteiger partial charge in [-0.2, -0.15) is 5.10 Å². The quantitative estimate of drug-likeness (QED) is 0.331. The number of rotatable bonds is 10. The zero-order valence-electron chi connectivity index (χ0n) is 18.9. The molecule has 0 aliphatic heterocycles. The van der Waals surface area contributed by atoms with Crippen LogP contribution in [0, 0.1) is 0 Å². The summed E-state index contributed by atoms with van der Waals surface area (Å²) in [6.45, 7) is 1.90. The van der Waals surface area contributed by atoms with E-state index in [1.165, 1.54) is 6.21 Å². The third-order valence-electron chi connectivity index (χ3n) is 4.96. The Bertz CT molecular complexity index is 1260. The number of nitrogens with one attached hydrogen (secondary N) is 1. The van der Waals surface area contributed by atoms with Crippen LogP contribution >= 0.6 is 11.6 Å². The molecule has 0 bridgehead atoms. The third-order valence-corrected chi connectivity index (χ3v) is 6.46. The molecule has 9 heteroatoms. The number of aryl methyl sites for hydroxylation is 1. The second kappa shape index (κ2) is 11.7. The van der Waals surface area contributed by atoms with E-state index < -0.39 is 15.9 Å². The highest BCUT2D eigenvalue weighted by Crippen LogP contribution is 2.23. The lowest BCUT2D eigenvalue weighted by Gasteiger charge is -2.23. The number of anilines is 1. The number of sulfonamides is 1. The summed E-state index contributed by atoms with van der Waals surface area (Å²) in [4.78, 5) is 12.4. The summed E-state index contributed by atoms with van der Waals surface area (Å²) in [5, 5.41) is 4.59. The van der Waals surface area contributed by atoms with Gasteiger partial charge in [0.25, 0.3) is 5.91 Å². The lowest BCUT2D eigenvalue weighted by molar-refractivity contribution is -0.119. The van der Waals surface area contributed by atoms with E-state index in [2.05, 4.69) is 10.5 Å². The van der Waals surface area contributed by atoms with E-state index >= 15 is 0 Å². The summed E-state index contributed by atoms with van der Waals surface area (Å²) >= 11 is 6.14. The Kier molecular flexibility index (Phi) is 8.67. The molecule has 1 amide bonds. The maximum Gasteiger partial charge on any atom is 0.260 e. The number of halogens is 1. The van der Waals surface area contributed by atoms with Crippen LogP contribution in [0.4, 0.5) is 5.69 Å². The molecule has 3 rings (SSSR count). The number of hydrazone groups is 1. The number of para-hydroxylation sites is 1. The fourth-order valence-electron chi connectivity index (χ4n) is 3.21. The number of amides is 1. The maximum absolute atomic E-state index is 12.4. The summed E-state index contributed by atoms with van der Waals surface area (Å²) in [5.74, 6) is 0.117. The molecule has 7 nitrogen and oxygen atoms in total. The topological polar surface area (TPSA) is 88.1 Å². The van der Waals surface area contributed by atoms with Gasteiger partial charge in [0.1, 0.15) is 18.9 Å². The minimum absolute atomic E-state index is 0.348. The van der Waals surface area contributed by atoms with E-state index in [4.69, 9.17) is 16.3 Å². The monoisotopic (exact) mass is 499 g/mol. The molecule has 0 aliphatic carbocycles. The molecule has 0 fully saturated rings. The van der Waals surface area contributed by atoms with Gasteiger partial charge in [0.15, 0.2) is 0 Å². The van der Waals surface area contributed by atoms with Crippen LogP contribution in [0.3, 0.4) is 0 Å². The van der Waals surface area contributed by atoms with E-state index in [1.807, 2.05) is 43.3 Å². The van der Waals surface area contributed by atoms with Crippen LogP contribution in [-0.2, 0) is 27.8 Å². The fourth-order valence-corrected chi connectivity index (χ4v) is 4.28. The van der Waals surface area contributed by atoms with Crippen molar-refractivity contribution in [2.75, 3.05) is 17.1 Å². The van der Waals surface area contributed by atoms with Gasteiger partial charge in [0.05, 0.1) is 18.2 Å². The molecule has 0 aromatic heterocycles. The largest absolute Gasteiger partial charge is 0.489 e. The highest BCUT2D eigenvalue weighted by Gasteiger charge is 2.22. The van der Waals surface area contributed by atoms with Gasteiger partial charge in [0.2, 0.25) is 10.0 Å². The summed E-state index contributed by atoms with van der Waals surface area (Å²) in [6.07, 6.45) is 3.19. The predicted octanol–water partition coefficient (Wildman–Crippen LogP) is 4.40. The number of hydrogen-bond donors (Lipinski definition) is 1. The molecule has 0 radical (unpaired) electrons. The molecule has 3 aromatic carbocycles. The maximum atomic E-state index is 12.4. The first-order valence-corrected chi connectivity index (χ1v) is 12.8. The normalized spacial score (nSPS) is 11.4. The average molecular weight is 500 g/mol. The van der Waals surface area contributed by atoms with Gasteiger partial charge >= 0.3 is 0 Å². The van der Waals surface area contributed by atoms with Gasteiger partial charge in [-0.1, -0.05) is 54.9 Å². The lowest BCUT2D eigenvalue weighted by atomic mass is 10.1. The molecule has 3 aromatic rings. The number of benzene rings is 3. The average Bonchev–Trinajstić information content (AvgIpc) is 2.82. The Morgan fingerprint density at radius 3 is 2.32 bits per heavy atom. The van der Waals surface area contributed by atoms with Crippen LogP contribution in [0.2, 0.25) is 5.02 Å². The lowest BCUT2D eigenvalue weighted by Crippen LogP contribution is -2.39. The van der Waals surface area contributed by atoms with Crippen LogP contribution in [0.15, 0.2) is 77.9 Å². The summed E-state index contributed by atoms with van der Waals surface area (Å²) < 4.78 is 31.5. The van der Waals surface area contributed by atoms with Crippen molar-refractivity contribution in [2.24, 2.45) is 5.10 Å². The molecule has 0 atom stereocenters. The van der Waals surface area contributed by atoms with Crippen LogP contribution in [0.25, 0.3) is 0 Å². The molecule has 0 saturated heterocycles. The van der Waals surface area contributed by atoms with Crippen molar-refractivity contribution in [1.29, 1.82) is 0 Å². The second-order valence-electron chi connectivity index (χ2n) is 7.49. The van der Waals surface area contributed by atoms with Gasteiger partial charge in [-0.3, -0.25) is 9.10 Å². The van der Waals surface area contributed by atoms with E-state index in [9.17, 15) is 13.2 Å². The Balaban J connectivity index is 1.57. The summed E-state index contributed by atoms with van der Waals surface area (Å²) in [6, 6.07) is 21.7. The minimum atomic E-state index is -3.66. The zero-order chi connectivity index (χ0) is 24.6. The Labute approximate surface area is 205 Å². The molecular weight excluding hydrogens is 474 g/mol. The number of nitrogens with zero attached hydrogens (tertiary/aromatic N) is 2. The standard InChI is InChI=1S/C25H26ClN3O4S/c1-3-20-8-5-7-11-24(20)29(34(2,31)32)17-25(30)28-27-16-19-12-14-22(15-13-19)33-18-21-9-4-6-10-23(21)26/h4-16H,3,17-18H2,1-2H3,(H,28,30)/b27-16-. The van der Waals surface area contributed by atoms with Crippen molar-refractivity contribution < 1.29 is 17.9 Å². The molecule has 34 heavy (non-hydrogen) atoms. The molecule has 0 heterocycles. The van der Waals surface area contributed by atoms with Crippen molar-refractivity contribution in [3.8, 4) is 5.75 Å². The molecule has 1 N–H and O–H groups in total. The zero-order valence-corrected chi connectivity index (χ0v) is 20.5. The van der Waals surface area contributed by atoms with Crippen LogP contribution in [0.5, 0.6) is 5.75 Å². The Hall–Kier alpha value is -3.36. The van der Waals surface area contributed by atoms with Crippen LogP contribution in [0.1, 0.15) is 23.6 Å². The van der Waals surface area contributed by atoms with E-state index in [1.54, 1.807) is 36.4 Å². The predicted molar refractivity (Wildman–Crippen MR) is 136 cm³/mol. The van der Waals surface area contributed by atoms with Gasteiger partial charge in [-0.25, -0.2) is 13.8 Å². The van der Waals surface area contributed by atoms with Gasteiger partial charge in [0, 0.05) is 10.6 Å². The van der Waals surface area contributed by atoms with Crippen molar-refractivity contribution in [2.45, 2.75) is 20.0 Å². The molecule has 0 aliphatic rings. The number of carbonyl (C=O) groups is 1. The minimum Gasteiger partial charge on any atom is -0.489 e. The number of ether oxygens (including phenoxy) is 1. The highest BCUT2D eigenvalue weighted by atomic mass is 35.5. The van der Waals surface area contributed by atoms with Crippen molar-refractivity contribution in [3.05, 3.63) is 94.5 Å².